The van der Waals surface area contributed by atoms with E-state index in [1.54, 1.807) is 0 Å². The fourth-order valence-corrected chi connectivity index (χ4v) is 8.49. The van der Waals surface area contributed by atoms with Gasteiger partial charge in [-0.05, 0) is 106 Å². The van der Waals surface area contributed by atoms with Crippen LogP contribution in [0.1, 0.15) is 184 Å². The number of carbonyl (C=O) groups is 3. The first kappa shape index (κ1) is 17.2. The molecule has 0 heterocycles. The van der Waals surface area contributed by atoms with E-state index in [-0.39, 0.29) is 25.3 Å². The molecule has 58 heavy (non-hydrogen) atoms. The Kier molecular flexibility index (Phi) is 9.91. The maximum Gasteiger partial charge on any atom is 0.306 e. The highest BCUT2D eigenvalue weighted by Gasteiger charge is 2.44. The van der Waals surface area contributed by atoms with Crippen molar-refractivity contribution in [2.24, 2.45) is 11.8 Å². The Morgan fingerprint density at radius 1 is 0.724 bits per heavy atom. The van der Waals surface area contributed by atoms with Crippen molar-refractivity contribution >= 4 is 41.2 Å². The quantitative estimate of drug-likeness (QED) is 0.135. The average molecular weight is 883 g/mol. The summed E-state index contributed by atoms with van der Waals surface area (Å²) in [6, 6.07) is 31.9. The van der Waals surface area contributed by atoms with Crippen molar-refractivity contribution in [2.75, 3.05) is 27.0 Å². The van der Waals surface area contributed by atoms with Crippen molar-refractivity contribution < 1.29 is 102 Å². The van der Waals surface area contributed by atoms with Crippen molar-refractivity contribution in [1.29, 1.82) is 0 Å². The zero-order chi connectivity index (χ0) is 78.0. The molecule has 2 N–H and O–H groups in total. The van der Waals surface area contributed by atoms with Crippen LogP contribution in [0.15, 0.2) is 103 Å². The summed E-state index contributed by atoms with van der Waals surface area (Å²) in [6.07, 6.45) is -66.0. The Balaban J connectivity index is 0.000000612. The number of aliphatic carboxylic acids is 1. The van der Waals surface area contributed by atoms with Gasteiger partial charge in [-0.25, -0.2) is 0 Å². The van der Waals surface area contributed by atoms with E-state index in [2.05, 4.69) is 77.5 Å². The van der Waals surface area contributed by atoms with E-state index in [0.29, 0.717) is 6.26 Å². The fraction of sp³-hybridized carbons (Fsp3) is 0.531. The Labute approximate surface area is 413 Å². The predicted octanol–water partition coefficient (Wildman–Crippen LogP) is 7.98. The Bertz CT molecular complexity index is 3080. The maximum atomic E-state index is 11.5. The van der Waals surface area contributed by atoms with Crippen LogP contribution in [-0.4, -0.2) is 55.3 Å². The van der Waals surface area contributed by atoms with Crippen molar-refractivity contribution in [3.63, 3.8) is 0 Å². The molecule has 4 fully saturated rings. The van der Waals surface area contributed by atoms with Crippen LogP contribution < -0.4 is 28.3 Å². The van der Waals surface area contributed by atoms with Gasteiger partial charge in [-0.15, -0.1) is 0 Å². The summed E-state index contributed by atoms with van der Waals surface area (Å²) < 4.78 is 318. The van der Waals surface area contributed by atoms with Crippen LogP contribution in [0, 0.1) is 11.8 Å². The second kappa shape index (κ2) is 33.5. The molecule has 4 saturated carbocycles. The van der Waals surface area contributed by atoms with Gasteiger partial charge >= 0.3 is 5.97 Å². The van der Waals surface area contributed by atoms with Crippen LogP contribution in [-0.2, 0) is 19.1 Å². The third-order valence-corrected chi connectivity index (χ3v) is 11.2. The summed E-state index contributed by atoms with van der Waals surface area (Å²) in [4.78, 5) is 33.4. The van der Waals surface area contributed by atoms with E-state index in [0.717, 1.165) is 13.3 Å². The van der Waals surface area contributed by atoms with Crippen molar-refractivity contribution in [3.8, 4) is 0 Å². The first-order valence-corrected chi connectivity index (χ1v) is 18.4. The lowest BCUT2D eigenvalue weighted by Gasteiger charge is -2.26. The molecule has 0 aliphatic heterocycles. The number of ether oxygens (including phenoxy) is 1. The zero-order valence-corrected chi connectivity index (χ0v) is 32.5. The van der Waals surface area contributed by atoms with Crippen LogP contribution in [0.5, 0.6) is 0 Å². The fourth-order valence-electron chi connectivity index (χ4n) is 4.48. The number of carboxylic acids is 1. The van der Waals surface area contributed by atoms with Gasteiger partial charge in [0.05, 0.1) is 40.6 Å². The maximum absolute atomic E-state index is 11.5. The first-order valence-electron chi connectivity index (χ1n) is 37.1. The monoisotopic (exact) mass is 882 g/mol. The second-order valence-electron chi connectivity index (χ2n) is 10.3. The molecule has 0 amide bonds. The van der Waals surface area contributed by atoms with E-state index in [1.807, 2.05) is 18.2 Å². The molecule has 0 radical (unpaired) electrons. The number of benzene rings is 3. The lowest BCUT2D eigenvalue weighted by atomic mass is 9.90. The normalized spacial score (nSPS) is 44.5. The van der Waals surface area contributed by atoms with E-state index in [1.165, 1.54) is 15.9 Å². The van der Waals surface area contributed by atoms with Gasteiger partial charge in [-0.2, -0.15) is 0 Å². The number of aliphatic hydroxyl groups is 1. The predicted molar refractivity (Wildman–Crippen MR) is 237 cm³/mol. The van der Waals surface area contributed by atoms with Crippen molar-refractivity contribution in [1.82, 2.24) is 0 Å². The molecule has 0 unspecified atom stereocenters. The second-order valence-corrected chi connectivity index (χ2v) is 13.9. The highest BCUT2D eigenvalue weighted by Crippen LogP contribution is 2.54. The standard InChI is InChI=1S/C20H20OP.C8H14O.C7H12O2.C7H12O.C6H10O.CH3F.ClH/c21-16-17-22(18-10-4-1-5-11-18,19-12-6-2-7-13-19)20-14-8-3-9-15-20;1-9-7-8-5-3-2-4-6-8;8-7(9)6-4-2-1-3-5-6;8-6-7-4-2-1-3-5-7;7-6-4-2-1-3-5-6;1-2;/h1-15,21H,16-17H2;7H,2-6H2,1H3;6H,1-5H2,(H,8,9);6-7H,1-5H2;1-5H2;1H3;1H/q+1;;;;;;/p-1/i;2D2,3D2,4D2,5D2,6D2;3*1D2,2D2,3D2,4D2,5D2;1D;. The minimum Gasteiger partial charge on any atom is -1.00 e. The average Bonchev–Trinajstić information content (AvgIpc) is 0.700. The number of methoxy groups -OCH3 is 1. The lowest BCUT2D eigenvalue weighted by Crippen LogP contribution is -3.00. The minimum atomic E-state index is -3.54. The molecule has 0 bridgehead atoms. The smallest absolute Gasteiger partial charge is 0.306 e. The van der Waals surface area contributed by atoms with Crippen molar-refractivity contribution in [2.45, 2.75) is 127 Å². The Hall–Kier alpha value is -3.38. The largest absolute Gasteiger partial charge is 1.00 e. The van der Waals surface area contributed by atoms with Gasteiger partial charge in [0, 0.05) is 73.5 Å². The summed E-state index contributed by atoms with van der Waals surface area (Å²) >= 11 is 0. The number of aliphatic hydroxyl groups excluding tert-OH is 1. The Morgan fingerprint density at radius 3 is 1.47 bits per heavy atom. The highest BCUT2D eigenvalue weighted by atomic mass is 35.5. The minimum absolute atomic E-state index is 0. The van der Waals surface area contributed by atoms with Crippen LogP contribution in [0.2, 0.25) is 0 Å². The van der Waals surface area contributed by atoms with E-state index >= 15 is 0 Å². The summed E-state index contributed by atoms with van der Waals surface area (Å²) in [7, 11) is -1.71. The molecule has 0 aromatic heterocycles. The van der Waals surface area contributed by atoms with E-state index in [4.69, 9.17) is 61.3 Å². The van der Waals surface area contributed by atoms with Gasteiger partial charge in [0.1, 0.15) is 35.2 Å². The zero-order valence-electron chi connectivity index (χ0n) is 71.8. The molecule has 0 saturated heterocycles. The molecule has 0 spiro atoms. The number of halogens is 2. The Morgan fingerprint density at radius 2 is 1.10 bits per heavy atom. The lowest BCUT2D eigenvalue weighted by molar-refractivity contribution is -0.142. The van der Waals surface area contributed by atoms with Crippen molar-refractivity contribution in [3.05, 3.63) is 103 Å². The third-order valence-electron chi connectivity index (χ3n) is 6.78. The first-order chi connectivity index (χ1) is 43.4. The summed E-state index contributed by atoms with van der Waals surface area (Å²) in [5.74, 6) is -8.89. The molecule has 9 heteroatoms. The van der Waals surface area contributed by atoms with Crippen LogP contribution in [0.4, 0.5) is 4.39 Å². The van der Waals surface area contributed by atoms with Gasteiger partial charge in [0.15, 0.2) is 0 Å². The molecule has 4 aliphatic rings. The van der Waals surface area contributed by atoms with Crippen LogP contribution in [0.25, 0.3) is 0 Å². The molecule has 3 aromatic carbocycles. The number of alkyl halides is 1. The number of carboxylic acid groups (broad SMARTS) is 1. The van der Waals surface area contributed by atoms with Gasteiger partial charge in [-0.1, -0.05) is 106 Å². The van der Waals surface area contributed by atoms with E-state index in [9.17, 15) is 23.9 Å². The molecule has 3 aromatic rings. The molecule has 7 rings (SSSR count). The number of rotatable bonds is 8. The van der Waals surface area contributed by atoms with Crippen LogP contribution in [0.3, 0.4) is 0 Å². The number of carbonyl (C=O) groups excluding carboxylic acids is 2. The third kappa shape index (κ3) is 20.1. The SMILES string of the molecule is OCC[P+](c1ccccc1)(c1ccccc1)c1ccccc1.[2H]C1([2H])C(=COC)C([2H])([2H])C([2H])([2H])C([2H])([2H])C1([2H])[2H].[2H]C1([2H])C(=O)C([2H])([2H])C([2H])([2H])C([2H])([2H])C1([2H])[2H].[2H]C1([2H])C(C(=O)O)C([2H])([2H])C([2H])([2H])C([2H])([2H])C1([2H])[2H].[2H]C1([2H])C(C=O)C([2H])([2H])C([2H])([2H])C([2H])([2H])C1([2H])[2H].[2H]CF.[Cl-]. The van der Waals surface area contributed by atoms with Gasteiger partial charge in [0.25, 0.3) is 0 Å². The number of hydrogen-bond donors (Lipinski definition) is 2. The number of ketones is 1. The van der Waals surface area contributed by atoms with Gasteiger partial charge < -0.3 is 32.2 Å². The molecule has 4 aliphatic carbocycles. The topological polar surface area (TPSA) is 101 Å². The highest BCUT2D eigenvalue weighted by molar-refractivity contribution is 7.95. The number of Topliss-reactive ketones (excluding diaryl/α,β-unsaturated/α-hetero) is 1. The van der Waals surface area contributed by atoms with Crippen LogP contribution >= 0.6 is 7.26 Å². The number of allylic oxidation sites excluding steroid dienone is 1. The molecule has 322 valence electrons. The molecule has 0 atom stereocenters. The molecular formula is C49H71ClFO6P. The van der Waals surface area contributed by atoms with Gasteiger partial charge in [-0.3, -0.25) is 14.0 Å². The van der Waals surface area contributed by atoms with Gasteiger partial charge in [0.2, 0.25) is 0 Å². The number of hydrogen-bond acceptors (Lipinski definition) is 5. The molecular weight excluding hydrogens is 770 g/mol. The summed E-state index contributed by atoms with van der Waals surface area (Å²) in [5, 5.41) is 22.7. The summed E-state index contributed by atoms with van der Waals surface area (Å²) in [6.45, 7) is 0.187. The summed E-state index contributed by atoms with van der Waals surface area (Å²) in [5.41, 5.74) is -0.896. The van der Waals surface area contributed by atoms with E-state index < -0.39 is 171 Å². The molecule has 6 nitrogen and oxygen atoms in total. The number of aldehydes is 1.